The third-order valence-electron chi connectivity index (χ3n) is 3.67. The van der Waals surface area contributed by atoms with Crippen molar-refractivity contribution in [2.45, 2.75) is 84.5 Å². The molecule has 0 unspecified atom stereocenters. The molecule has 150 valence electrons. The van der Waals surface area contributed by atoms with E-state index in [0.717, 1.165) is 43.9 Å². The third-order valence-corrected chi connectivity index (χ3v) is 4.97. The number of rotatable bonds is 13. The van der Waals surface area contributed by atoms with Crippen LogP contribution < -0.4 is 0 Å². The second-order valence-corrected chi connectivity index (χ2v) is 8.37. The van der Waals surface area contributed by atoms with Crippen molar-refractivity contribution in [2.24, 2.45) is 0 Å². The Morgan fingerprint density at radius 2 is 1.38 bits per heavy atom. The Balaban J connectivity index is 2.13. The minimum Gasteiger partial charge on any atom is -0.379 e. The summed E-state index contributed by atoms with van der Waals surface area (Å²) in [5.74, 6) is -3.64. The number of ether oxygens (including phenoxy) is 2. The number of hydrogen-bond acceptors (Lipinski definition) is 3. The van der Waals surface area contributed by atoms with Crippen molar-refractivity contribution in [1.29, 1.82) is 0 Å². The van der Waals surface area contributed by atoms with Crippen LogP contribution >= 0.6 is 0 Å². The van der Waals surface area contributed by atoms with Crippen LogP contribution in [0.2, 0.25) is 6.04 Å². The molecule has 0 saturated heterocycles. The Kier molecular flexibility index (Phi) is 11.1. The predicted octanol–water partition coefficient (Wildman–Crippen LogP) is 4.86. The number of hydrogen-bond donors (Lipinski definition) is 0. The average Bonchev–Trinajstić information content (AvgIpc) is 2.53. The molecule has 0 aliphatic heterocycles. The summed E-state index contributed by atoms with van der Waals surface area (Å²) in [6.07, 6.45) is 4.51. The standard InChI is InChI=1S/C19H31F3O3Si/c1-13(2)23-19(24-14(3)4)25-26-10-8-6-5-7-9-15-11-16(20)18(22)17(21)12-15/h11-14,19H,5-10,26H2,1-4H3. The first-order chi connectivity index (χ1) is 12.3. The van der Waals surface area contributed by atoms with Gasteiger partial charge in [-0.1, -0.05) is 19.3 Å². The van der Waals surface area contributed by atoms with Crippen molar-refractivity contribution in [3.8, 4) is 0 Å². The SMILES string of the molecule is CC(C)OC(O[SiH2]CCCCCCc1cc(F)c(F)c(F)c1)OC(C)C. The van der Waals surface area contributed by atoms with Gasteiger partial charge in [-0.05, 0) is 64.3 Å². The van der Waals surface area contributed by atoms with Crippen LogP contribution in [-0.2, 0) is 20.3 Å². The molecule has 1 aromatic carbocycles. The first-order valence-electron chi connectivity index (χ1n) is 9.35. The zero-order valence-electron chi connectivity index (χ0n) is 16.2. The van der Waals surface area contributed by atoms with Crippen molar-refractivity contribution in [3.05, 3.63) is 35.1 Å². The summed E-state index contributed by atoms with van der Waals surface area (Å²) in [4.78, 5) is 0. The molecule has 7 heteroatoms. The molecule has 0 heterocycles. The topological polar surface area (TPSA) is 27.7 Å². The maximum absolute atomic E-state index is 13.1. The van der Waals surface area contributed by atoms with Crippen LogP contribution in [0.15, 0.2) is 12.1 Å². The van der Waals surface area contributed by atoms with E-state index in [1.807, 2.05) is 27.7 Å². The summed E-state index contributed by atoms with van der Waals surface area (Å²) < 4.78 is 56.1. The van der Waals surface area contributed by atoms with Crippen LogP contribution in [0.3, 0.4) is 0 Å². The maximum atomic E-state index is 13.1. The van der Waals surface area contributed by atoms with Gasteiger partial charge in [-0.3, -0.25) is 0 Å². The van der Waals surface area contributed by atoms with E-state index >= 15 is 0 Å². The third kappa shape index (κ3) is 9.71. The fraction of sp³-hybridized carbons (Fsp3) is 0.684. The molecule has 1 aromatic rings. The van der Waals surface area contributed by atoms with E-state index < -0.39 is 33.7 Å². The molecule has 0 aromatic heterocycles. The van der Waals surface area contributed by atoms with Gasteiger partial charge >= 0.3 is 0 Å². The maximum Gasteiger partial charge on any atom is 0.262 e. The van der Waals surface area contributed by atoms with Gasteiger partial charge in [-0.15, -0.1) is 0 Å². The van der Waals surface area contributed by atoms with Gasteiger partial charge in [0.15, 0.2) is 27.2 Å². The van der Waals surface area contributed by atoms with Crippen molar-refractivity contribution in [1.82, 2.24) is 0 Å². The summed E-state index contributed by atoms with van der Waals surface area (Å²) >= 11 is 0. The lowest BCUT2D eigenvalue weighted by Gasteiger charge is -2.23. The average molecular weight is 393 g/mol. The van der Waals surface area contributed by atoms with Gasteiger partial charge in [0.2, 0.25) is 0 Å². The smallest absolute Gasteiger partial charge is 0.262 e. The Morgan fingerprint density at radius 3 is 1.92 bits per heavy atom. The zero-order valence-corrected chi connectivity index (χ0v) is 17.6. The van der Waals surface area contributed by atoms with Crippen molar-refractivity contribution < 1.29 is 27.1 Å². The Morgan fingerprint density at radius 1 is 0.846 bits per heavy atom. The van der Waals surface area contributed by atoms with Crippen LogP contribution in [0.1, 0.15) is 58.9 Å². The molecular formula is C19H31F3O3Si. The van der Waals surface area contributed by atoms with Crippen LogP contribution in [0.5, 0.6) is 0 Å². The summed E-state index contributed by atoms with van der Waals surface area (Å²) in [6, 6.07) is 3.17. The predicted molar refractivity (Wildman–Crippen MR) is 99.2 cm³/mol. The monoisotopic (exact) mass is 392 g/mol. The summed E-state index contributed by atoms with van der Waals surface area (Å²) in [5.41, 5.74) is 0.499. The lowest BCUT2D eigenvalue weighted by atomic mass is 10.1. The Labute approximate surface area is 157 Å². The van der Waals surface area contributed by atoms with Crippen LogP contribution in [0, 0.1) is 17.5 Å². The van der Waals surface area contributed by atoms with E-state index in [9.17, 15) is 13.2 Å². The summed E-state index contributed by atoms with van der Waals surface area (Å²) in [7, 11) is -0.713. The number of halogens is 3. The van der Waals surface area contributed by atoms with Crippen LogP contribution in [-0.4, -0.2) is 28.4 Å². The van der Waals surface area contributed by atoms with E-state index in [1.165, 1.54) is 0 Å². The molecule has 0 aliphatic carbocycles. The number of benzene rings is 1. The zero-order chi connectivity index (χ0) is 19.5. The lowest BCUT2D eigenvalue weighted by molar-refractivity contribution is -0.275. The fourth-order valence-electron chi connectivity index (χ4n) is 2.45. The minimum absolute atomic E-state index is 0.0499. The molecule has 0 aliphatic rings. The molecule has 0 spiro atoms. The van der Waals surface area contributed by atoms with Gasteiger partial charge < -0.3 is 13.9 Å². The largest absolute Gasteiger partial charge is 0.379 e. The molecule has 26 heavy (non-hydrogen) atoms. The van der Waals surface area contributed by atoms with E-state index in [-0.39, 0.29) is 12.2 Å². The van der Waals surface area contributed by atoms with E-state index in [0.29, 0.717) is 12.0 Å². The molecule has 0 fully saturated rings. The van der Waals surface area contributed by atoms with Crippen molar-refractivity contribution >= 4 is 9.76 Å². The molecule has 0 N–H and O–H groups in total. The number of aryl methyl sites for hydroxylation is 1. The second-order valence-electron chi connectivity index (χ2n) is 6.92. The molecule has 0 bridgehead atoms. The highest BCUT2D eigenvalue weighted by Crippen LogP contribution is 2.16. The van der Waals surface area contributed by atoms with Gasteiger partial charge in [0.05, 0.1) is 12.2 Å². The van der Waals surface area contributed by atoms with E-state index in [4.69, 9.17) is 13.9 Å². The van der Waals surface area contributed by atoms with Crippen LogP contribution in [0.4, 0.5) is 13.2 Å². The van der Waals surface area contributed by atoms with E-state index in [2.05, 4.69) is 0 Å². The van der Waals surface area contributed by atoms with Gasteiger partial charge in [0.25, 0.3) is 6.48 Å². The molecule has 0 radical (unpaired) electrons. The fourth-order valence-corrected chi connectivity index (χ4v) is 3.52. The Hall–Kier alpha value is -0.893. The highest BCUT2D eigenvalue weighted by atomic mass is 28.2. The van der Waals surface area contributed by atoms with Crippen molar-refractivity contribution in [3.63, 3.8) is 0 Å². The van der Waals surface area contributed by atoms with Gasteiger partial charge in [0.1, 0.15) is 0 Å². The quantitative estimate of drug-likeness (QED) is 0.208. The highest BCUT2D eigenvalue weighted by Gasteiger charge is 2.13. The minimum atomic E-state index is -1.40. The molecule has 0 saturated carbocycles. The first-order valence-corrected chi connectivity index (χ1v) is 10.9. The van der Waals surface area contributed by atoms with Gasteiger partial charge in [0, 0.05) is 0 Å². The Bertz CT molecular complexity index is 494. The van der Waals surface area contributed by atoms with Gasteiger partial charge in [-0.2, -0.15) is 0 Å². The number of unbranched alkanes of at least 4 members (excludes halogenated alkanes) is 3. The summed E-state index contributed by atoms with van der Waals surface area (Å²) in [6.45, 7) is 7.20. The second kappa shape index (κ2) is 12.5. The first kappa shape index (κ1) is 23.1. The van der Waals surface area contributed by atoms with Gasteiger partial charge in [-0.25, -0.2) is 13.2 Å². The molecule has 0 atom stereocenters. The molecule has 1 rings (SSSR count). The lowest BCUT2D eigenvalue weighted by Crippen LogP contribution is -2.28. The van der Waals surface area contributed by atoms with Crippen LogP contribution in [0.25, 0.3) is 0 Å². The highest BCUT2D eigenvalue weighted by molar-refractivity contribution is 6.27. The molecule has 0 amide bonds. The summed E-state index contributed by atoms with van der Waals surface area (Å²) in [5, 5.41) is 0. The molecular weight excluding hydrogens is 361 g/mol. The van der Waals surface area contributed by atoms with Crippen molar-refractivity contribution in [2.75, 3.05) is 0 Å². The molecule has 3 nitrogen and oxygen atoms in total. The normalized spacial score (nSPS) is 12.4. The van der Waals surface area contributed by atoms with E-state index in [1.54, 1.807) is 0 Å².